The molecule has 0 aliphatic rings. The van der Waals surface area contributed by atoms with Crippen molar-refractivity contribution >= 4 is 23.4 Å². The molecule has 1 aromatic carbocycles. The molecule has 16 heavy (non-hydrogen) atoms. The zero-order chi connectivity index (χ0) is 12.0. The molecule has 0 aliphatic heterocycles. The van der Waals surface area contributed by atoms with E-state index in [0.29, 0.717) is 0 Å². The van der Waals surface area contributed by atoms with Crippen LogP contribution in [0.5, 0.6) is 0 Å². The Morgan fingerprint density at radius 1 is 1.31 bits per heavy atom. The van der Waals surface area contributed by atoms with Gasteiger partial charge in [0.15, 0.2) is 0 Å². The van der Waals surface area contributed by atoms with Gasteiger partial charge in [0.05, 0.1) is 12.5 Å². The monoisotopic (exact) mass is 240 g/mol. The van der Waals surface area contributed by atoms with E-state index in [9.17, 15) is 9.59 Å². The van der Waals surface area contributed by atoms with Crippen molar-refractivity contribution in [2.75, 3.05) is 5.88 Å². The minimum absolute atomic E-state index is 0.0621. The number of halogens is 1. The molecule has 86 valence electrons. The van der Waals surface area contributed by atoms with Crippen LogP contribution >= 0.6 is 11.6 Å². The van der Waals surface area contributed by atoms with Crippen LogP contribution in [0.25, 0.3) is 0 Å². The van der Waals surface area contributed by atoms with Gasteiger partial charge in [-0.3, -0.25) is 9.59 Å². The quantitative estimate of drug-likeness (QED) is 0.753. The lowest BCUT2D eigenvalue weighted by molar-refractivity contribution is -0.120. The van der Waals surface area contributed by atoms with Crippen LogP contribution in [0, 0.1) is 0 Å². The summed E-state index contributed by atoms with van der Waals surface area (Å²) in [7, 11) is 0. The van der Waals surface area contributed by atoms with Gasteiger partial charge < -0.3 is 11.1 Å². The standard InChI is InChI=1S/C11H13ClN2O2/c12-7-11(16)14-9(6-10(13)15)8-4-2-1-3-5-8/h1-5,9H,6-7H2,(H2,13,15)(H,14,16)/t9-/m0/s1. The van der Waals surface area contributed by atoms with Crippen molar-refractivity contribution in [1.29, 1.82) is 0 Å². The van der Waals surface area contributed by atoms with Crippen LogP contribution in [0.4, 0.5) is 0 Å². The van der Waals surface area contributed by atoms with Crippen molar-refractivity contribution in [2.24, 2.45) is 5.73 Å². The van der Waals surface area contributed by atoms with E-state index in [1.54, 1.807) is 0 Å². The molecule has 0 heterocycles. The molecule has 1 rings (SSSR count). The van der Waals surface area contributed by atoms with Crippen LogP contribution in [-0.2, 0) is 9.59 Å². The van der Waals surface area contributed by atoms with Gasteiger partial charge in [-0.15, -0.1) is 11.6 Å². The molecular weight excluding hydrogens is 228 g/mol. The smallest absolute Gasteiger partial charge is 0.235 e. The van der Waals surface area contributed by atoms with E-state index in [0.717, 1.165) is 5.56 Å². The van der Waals surface area contributed by atoms with E-state index >= 15 is 0 Å². The molecule has 0 saturated carbocycles. The summed E-state index contributed by atoms with van der Waals surface area (Å²) in [4.78, 5) is 22.1. The van der Waals surface area contributed by atoms with E-state index in [-0.39, 0.29) is 18.2 Å². The summed E-state index contributed by atoms with van der Waals surface area (Å²) in [6.45, 7) is 0. The van der Waals surface area contributed by atoms with Crippen LogP contribution < -0.4 is 11.1 Å². The lowest BCUT2D eigenvalue weighted by Crippen LogP contribution is -2.32. The number of nitrogens with one attached hydrogen (secondary N) is 1. The fourth-order valence-electron chi connectivity index (χ4n) is 1.37. The summed E-state index contributed by atoms with van der Waals surface area (Å²) in [5.74, 6) is -0.928. The summed E-state index contributed by atoms with van der Waals surface area (Å²) in [6.07, 6.45) is 0.0621. The molecule has 0 saturated heterocycles. The molecule has 0 aliphatic carbocycles. The Hall–Kier alpha value is -1.55. The Bertz CT molecular complexity index is 368. The molecule has 1 atom stereocenters. The first-order chi connectivity index (χ1) is 7.63. The van der Waals surface area contributed by atoms with Crippen molar-refractivity contribution in [1.82, 2.24) is 5.32 Å². The highest BCUT2D eigenvalue weighted by atomic mass is 35.5. The molecule has 0 bridgehead atoms. The second kappa shape index (κ2) is 6.12. The molecular formula is C11H13ClN2O2. The Morgan fingerprint density at radius 3 is 2.44 bits per heavy atom. The average molecular weight is 241 g/mol. The fraction of sp³-hybridized carbons (Fsp3) is 0.273. The summed E-state index contributed by atoms with van der Waals surface area (Å²) in [6, 6.07) is 8.75. The van der Waals surface area contributed by atoms with Crippen molar-refractivity contribution in [3.8, 4) is 0 Å². The number of benzene rings is 1. The summed E-state index contributed by atoms with van der Waals surface area (Å²) < 4.78 is 0. The highest BCUT2D eigenvalue weighted by Gasteiger charge is 2.15. The van der Waals surface area contributed by atoms with Gasteiger partial charge in [0.2, 0.25) is 11.8 Å². The Kier molecular flexibility index (Phi) is 4.79. The SMILES string of the molecule is NC(=O)C[C@H](NC(=O)CCl)c1ccccc1. The maximum Gasteiger partial charge on any atom is 0.235 e. The van der Waals surface area contributed by atoms with E-state index in [1.807, 2.05) is 30.3 Å². The van der Waals surface area contributed by atoms with E-state index in [2.05, 4.69) is 5.32 Å². The summed E-state index contributed by atoms with van der Waals surface area (Å²) in [5.41, 5.74) is 5.96. The number of carbonyl (C=O) groups is 2. The predicted octanol–water partition coefficient (Wildman–Crippen LogP) is 0.958. The van der Waals surface area contributed by atoms with Gasteiger partial charge in [-0.25, -0.2) is 0 Å². The predicted molar refractivity (Wildman–Crippen MR) is 61.9 cm³/mol. The van der Waals surface area contributed by atoms with Gasteiger partial charge in [-0.2, -0.15) is 0 Å². The molecule has 0 spiro atoms. The summed E-state index contributed by atoms with van der Waals surface area (Å²) >= 11 is 5.39. The van der Waals surface area contributed by atoms with Gasteiger partial charge in [-0.05, 0) is 5.56 Å². The Morgan fingerprint density at radius 2 is 1.94 bits per heavy atom. The normalized spacial score (nSPS) is 11.8. The third kappa shape index (κ3) is 3.90. The van der Waals surface area contributed by atoms with Crippen LogP contribution in [0.2, 0.25) is 0 Å². The first-order valence-electron chi connectivity index (χ1n) is 4.82. The van der Waals surface area contributed by atoms with Crippen molar-refractivity contribution in [2.45, 2.75) is 12.5 Å². The lowest BCUT2D eigenvalue weighted by atomic mass is 10.0. The molecule has 0 unspecified atom stereocenters. The average Bonchev–Trinajstić information content (AvgIpc) is 2.28. The molecule has 5 heteroatoms. The van der Waals surface area contributed by atoms with Crippen molar-refractivity contribution in [3.05, 3.63) is 35.9 Å². The number of carbonyl (C=O) groups excluding carboxylic acids is 2. The Labute approximate surface area is 98.8 Å². The second-order valence-electron chi connectivity index (χ2n) is 3.33. The fourth-order valence-corrected chi connectivity index (χ4v) is 1.45. The molecule has 0 radical (unpaired) electrons. The zero-order valence-corrected chi connectivity index (χ0v) is 9.41. The number of hydrogen-bond acceptors (Lipinski definition) is 2. The minimum atomic E-state index is -0.469. The highest BCUT2D eigenvalue weighted by molar-refractivity contribution is 6.27. The van der Waals surface area contributed by atoms with Crippen LogP contribution in [0.3, 0.4) is 0 Å². The third-order valence-electron chi connectivity index (χ3n) is 2.06. The first kappa shape index (κ1) is 12.5. The van der Waals surface area contributed by atoms with Crippen molar-refractivity contribution < 1.29 is 9.59 Å². The second-order valence-corrected chi connectivity index (χ2v) is 3.60. The molecule has 0 aromatic heterocycles. The van der Waals surface area contributed by atoms with Gasteiger partial charge in [-0.1, -0.05) is 30.3 Å². The molecule has 0 fully saturated rings. The molecule has 3 N–H and O–H groups in total. The Balaban J connectivity index is 2.79. The van der Waals surface area contributed by atoms with E-state index < -0.39 is 11.9 Å². The largest absolute Gasteiger partial charge is 0.370 e. The number of amides is 2. The number of primary amides is 1. The van der Waals surface area contributed by atoms with Gasteiger partial charge in [0, 0.05) is 0 Å². The topological polar surface area (TPSA) is 72.2 Å². The zero-order valence-electron chi connectivity index (χ0n) is 8.65. The molecule has 2 amide bonds. The highest BCUT2D eigenvalue weighted by Crippen LogP contribution is 2.15. The molecule has 1 aromatic rings. The lowest BCUT2D eigenvalue weighted by Gasteiger charge is -2.16. The number of hydrogen-bond donors (Lipinski definition) is 2. The van der Waals surface area contributed by atoms with Crippen LogP contribution in [0.15, 0.2) is 30.3 Å². The molecule has 4 nitrogen and oxygen atoms in total. The first-order valence-corrected chi connectivity index (χ1v) is 5.35. The minimum Gasteiger partial charge on any atom is -0.370 e. The van der Waals surface area contributed by atoms with Crippen molar-refractivity contribution in [3.63, 3.8) is 0 Å². The van der Waals surface area contributed by atoms with Crippen LogP contribution in [-0.4, -0.2) is 17.7 Å². The summed E-state index contributed by atoms with van der Waals surface area (Å²) in [5, 5.41) is 2.64. The van der Waals surface area contributed by atoms with Gasteiger partial charge in [0.1, 0.15) is 5.88 Å². The third-order valence-corrected chi connectivity index (χ3v) is 2.31. The van der Waals surface area contributed by atoms with Crippen LogP contribution in [0.1, 0.15) is 18.0 Å². The van der Waals surface area contributed by atoms with E-state index in [1.165, 1.54) is 0 Å². The number of alkyl halides is 1. The maximum atomic E-state index is 11.2. The van der Waals surface area contributed by atoms with Gasteiger partial charge >= 0.3 is 0 Å². The van der Waals surface area contributed by atoms with Gasteiger partial charge in [0.25, 0.3) is 0 Å². The number of rotatable bonds is 5. The number of nitrogens with two attached hydrogens (primary N) is 1. The van der Waals surface area contributed by atoms with E-state index in [4.69, 9.17) is 17.3 Å². The maximum absolute atomic E-state index is 11.2.